The van der Waals surface area contributed by atoms with Crippen molar-refractivity contribution < 1.29 is 18.3 Å². The molecule has 26 heavy (non-hydrogen) atoms. The summed E-state index contributed by atoms with van der Waals surface area (Å²) in [6, 6.07) is 4.85. The summed E-state index contributed by atoms with van der Waals surface area (Å²) in [6.07, 6.45) is 2.26. The molecule has 1 saturated carbocycles. The average molecular weight is 382 g/mol. The van der Waals surface area contributed by atoms with Gasteiger partial charge in [0.2, 0.25) is 0 Å². The van der Waals surface area contributed by atoms with Crippen molar-refractivity contribution in [2.24, 2.45) is 0 Å². The third-order valence-corrected chi connectivity index (χ3v) is 10.3. The molecule has 0 amide bonds. The van der Waals surface area contributed by atoms with Gasteiger partial charge in [-0.25, -0.2) is 4.39 Å². The third-order valence-electron chi connectivity index (χ3n) is 5.75. The van der Waals surface area contributed by atoms with Crippen LogP contribution in [-0.4, -0.2) is 33.5 Å². The Balaban J connectivity index is 2.00. The van der Waals surface area contributed by atoms with E-state index in [2.05, 4.69) is 39.2 Å². The molecule has 1 fully saturated rings. The van der Waals surface area contributed by atoms with Crippen molar-refractivity contribution in [2.45, 2.75) is 70.2 Å². The largest absolute Gasteiger partial charge is 0.468 e. The summed E-state index contributed by atoms with van der Waals surface area (Å²) in [5, 5.41) is 3.43. The van der Waals surface area contributed by atoms with Gasteiger partial charge in [0.15, 0.2) is 8.32 Å². The lowest BCUT2D eigenvalue weighted by Gasteiger charge is -2.36. The Kier molecular flexibility index (Phi) is 6.31. The fourth-order valence-electron chi connectivity index (χ4n) is 2.67. The Morgan fingerprint density at radius 3 is 2.46 bits per heavy atom. The van der Waals surface area contributed by atoms with E-state index in [0.29, 0.717) is 13.2 Å². The van der Waals surface area contributed by atoms with Gasteiger partial charge in [-0.1, -0.05) is 26.8 Å². The minimum absolute atomic E-state index is 0.166. The van der Waals surface area contributed by atoms with Gasteiger partial charge >= 0.3 is 5.97 Å². The van der Waals surface area contributed by atoms with Gasteiger partial charge in [0.25, 0.3) is 0 Å². The number of hydrogen-bond acceptors (Lipinski definition) is 4. The minimum Gasteiger partial charge on any atom is -0.468 e. The van der Waals surface area contributed by atoms with E-state index in [1.54, 1.807) is 6.07 Å². The van der Waals surface area contributed by atoms with Crippen molar-refractivity contribution in [2.75, 3.05) is 13.7 Å². The predicted octanol–water partition coefficient (Wildman–Crippen LogP) is 4.19. The number of esters is 1. The summed E-state index contributed by atoms with van der Waals surface area (Å²) in [7, 11) is -0.397. The average Bonchev–Trinajstić information content (AvgIpc) is 3.34. The maximum atomic E-state index is 13.7. The quantitative estimate of drug-likeness (QED) is 0.542. The zero-order valence-electron chi connectivity index (χ0n) is 16.9. The van der Waals surface area contributed by atoms with E-state index in [-0.39, 0.29) is 16.8 Å². The number of methoxy groups -OCH3 is 1. The highest BCUT2D eigenvalue weighted by Gasteiger charge is 2.50. The van der Waals surface area contributed by atoms with Crippen LogP contribution >= 0.6 is 0 Å². The predicted molar refractivity (Wildman–Crippen MR) is 104 cm³/mol. The molecule has 6 heteroatoms. The summed E-state index contributed by atoms with van der Waals surface area (Å²) in [5.41, 5.74) is 1.34. The molecule has 1 aliphatic carbocycles. The first-order valence-electron chi connectivity index (χ1n) is 9.25. The topological polar surface area (TPSA) is 47.6 Å². The van der Waals surface area contributed by atoms with Crippen LogP contribution in [0.2, 0.25) is 18.1 Å². The van der Waals surface area contributed by atoms with E-state index in [1.807, 2.05) is 6.07 Å². The van der Waals surface area contributed by atoms with Crippen LogP contribution in [0.1, 0.15) is 44.7 Å². The summed E-state index contributed by atoms with van der Waals surface area (Å²) in [5.74, 6) is -0.504. The van der Waals surface area contributed by atoms with Crippen LogP contribution in [-0.2, 0) is 26.9 Å². The number of nitrogens with one attached hydrogen (secondary N) is 1. The molecule has 0 radical (unpaired) electrons. The number of halogens is 1. The highest BCUT2D eigenvalue weighted by atomic mass is 28.4. The molecule has 0 aliphatic heterocycles. The van der Waals surface area contributed by atoms with Gasteiger partial charge in [-0.2, -0.15) is 0 Å². The lowest BCUT2D eigenvalue weighted by atomic mass is 10.0. The van der Waals surface area contributed by atoms with Gasteiger partial charge in [-0.3, -0.25) is 10.1 Å². The van der Waals surface area contributed by atoms with Crippen LogP contribution in [0.15, 0.2) is 18.2 Å². The first-order chi connectivity index (χ1) is 12.0. The Hall–Kier alpha value is -1.24. The van der Waals surface area contributed by atoms with Crippen molar-refractivity contribution >= 4 is 14.3 Å². The molecule has 0 spiro atoms. The maximum absolute atomic E-state index is 13.7. The third kappa shape index (κ3) is 4.93. The summed E-state index contributed by atoms with van der Waals surface area (Å²) < 4.78 is 24.8. The maximum Gasteiger partial charge on any atom is 0.326 e. The van der Waals surface area contributed by atoms with Crippen LogP contribution in [0, 0.1) is 5.82 Å². The summed E-state index contributed by atoms with van der Waals surface area (Å²) in [4.78, 5) is 11.9. The highest BCUT2D eigenvalue weighted by Crippen LogP contribution is 2.37. The zero-order chi connectivity index (χ0) is 19.6. The van der Waals surface area contributed by atoms with Crippen molar-refractivity contribution in [3.05, 3.63) is 35.1 Å². The van der Waals surface area contributed by atoms with E-state index < -0.39 is 13.9 Å². The SMILES string of the molecule is COC(=O)C1(NCc2cc(F)ccc2CCO[Si](C)(C)C(C)(C)C)CC1. The van der Waals surface area contributed by atoms with Gasteiger partial charge in [0, 0.05) is 13.2 Å². The molecule has 146 valence electrons. The Morgan fingerprint density at radius 2 is 1.92 bits per heavy atom. The summed E-state index contributed by atoms with van der Waals surface area (Å²) >= 11 is 0. The molecule has 1 N–H and O–H groups in total. The van der Waals surface area contributed by atoms with E-state index in [9.17, 15) is 9.18 Å². The number of hydrogen-bond donors (Lipinski definition) is 1. The zero-order valence-corrected chi connectivity index (χ0v) is 17.9. The monoisotopic (exact) mass is 381 g/mol. The smallest absolute Gasteiger partial charge is 0.326 e. The van der Waals surface area contributed by atoms with Gasteiger partial charge < -0.3 is 9.16 Å². The normalized spacial score (nSPS) is 16.4. The van der Waals surface area contributed by atoms with Gasteiger partial charge in [0.05, 0.1) is 7.11 Å². The number of carbonyl (C=O) groups excluding carboxylic acids is 1. The van der Waals surface area contributed by atoms with Crippen molar-refractivity contribution in [3.8, 4) is 0 Å². The Labute approximate surface area is 157 Å². The number of ether oxygens (including phenoxy) is 1. The molecular formula is C20H32FNO3Si. The van der Waals surface area contributed by atoms with E-state index in [4.69, 9.17) is 9.16 Å². The van der Waals surface area contributed by atoms with Gasteiger partial charge in [-0.15, -0.1) is 0 Å². The molecule has 2 rings (SSSR count). The molecular weight excluding hydrogens is 349 g/mol. The van der Waals surface area contributed by atoms with Crippen LogP contribution in [0.3, 0.4) is 0 Å². The minimum atomic E-state index is -1.80. The van der Waals surface area contributed by atoms with Gasteiger partial charge in [0.1, 0.15) is 11.4 Å². The molecule has 1 aromatic carbocycles. The second-order valence-electron chi connectivity index (χ2n) is 8.70. The van der Waals surface area contributed by atoms with Crippen LogP contribution in [0.5, 0.6) is 0 Å². The van der Waals surface area contributed by atoms with E-state index in [0.717, 1.165) is 30.4 Å². The van der Waals surface area contributed by atoms with Crippen molar-refractivity contribution in [1.82, 2.24) is 5.32 Å². The van der Waals surface area contributed by atoms with E-state index in [1.165, 1.54) is 13.2 Å². The van der Waals surface area contributed by atoms with Crippen molar-refractivity contribution in [1.29, 1.82) is 0 Å². The standard InChI is InChI=1S/C20H32FNO3Si/c1-19(2,3)26(5,6)25-12-9-15-7-8-17(21)13-16(15)14-22-20(10-11-20)18(23)24-4/h7-8,13,22H,9-12,14H2,1-6H3. The molecule has 4 nitrogen and oxygen atoms in total. The van der Waals surface area contributed by atoms with Gasteiger partial charge in [-0.05, 0) is 60.7 Å². The summed E-state index contributed by atoms with van der Waals surface area (Å²) in [6.45, 7) is 12.2. The highest BCUT2D eigenvalue weighted by molar-refractivity contribution is 6.74. The van der Waals surface area contributed by atoms with Crippen LogP contribution < -0.4 is 5.32 Å². The fourth-order valence-corrected chi connectivity index (χ4v) is 3.72. The molecule has 0 atom stereocenters. The first kappa shape index (κ1) is 21.1. The Morgan fingerprint density at radius 1 is 1.27 bits per heavy atom. The number of rotatable bonds is 8. The lowest BCUT2D eigenvalue weighted by Crippen LogP contribution is -2.41. The molecule has 1 aromatic rings. The Bertz CT molecular complexity index is 651. The second-order valence-corrected chi connectivity index (χ2v) is 13.5. The molecule has 1 aliphatic rings. The molecule has 0 unspecified atom stereocenters. The molecule has 0 saturated heterocycles. The van der Waals surface area contributed by atoms with Crippen molar-refractivity contribution in [3.63, 3.8) is 0 Å². The van der Waals surface area contributed by atoms with Crippen LogP contribution in [0.4, 0.5) is 4.39 Å². The fraction of sp³-hybridized carbons (Fsp3) is 0.650. The molecule has 0 bridgehead atoms. The second kappa shape index (κ2) is 7.78. The number of carbonyl (C=O) groups is 1. The van der Waals surface area contributed by atoms with Crippen LogP contribution in [0.25, 0.3) is 0 Å². The number of benzene rings is 1. The molecule has 0 aromatic heterocycles. The molecule has 0 heterocycles. The van der Waals surface area contributed by atoms with E-state index >= 15 is 0 Å². The lowest BCUT2D eigenvalue weighted by molar-refractivity contribution is -0.144. The first-order valence-corrected chi connectivity index (χ1v) is 12.2.